The van der Waals surface area contributed by atoms with Crippen LogP contribution in [0.2, 0.25) is 0 Å². The van der Waals surface area contributed by atoms with Gasteiger partial charge in [-0.15, -0.1) is 0 Å². The van der Waals surface area contributed by atoms with Gasteiger partial charge in [-0.3, -0.25) is 0 Å². The Labute approximate surface area is 75.9 Å². The van der Waals surface area contributed by atoms with Crippen LogP contribution in [0, 0.1) is 0 Å². The maximum absolute atomic E-state index is 3.61. The van der Waals surface area contributed by atoms with Crippen molar-refractivity contribution < 1.29 is 0 Å². The van der Waals surface area contributed by atoms with Crippen LogP contribution in [0.5, 0.6) is 0 Å². The van der Waals surface area contributed by atoms with Crippen LogP contribution in [-0.2, 0) is 0 Å². The van der Waals surface area contributed by atoms with Gasteiger partial charge in [0.1, 0.15) is 0 Å². The van der Waals surface area contributed by atoms with E-state index in [1.54, 1.807) is 6.08 Å². The molecule has 0 bridgehead atoms. The average Bonchev–Trinajstić information content (AvgIpc) is 2.51. The number of rotatable bonds is 2. The van der Waals surface area contributed by atoms with Crippen molar-refractivity contribution in [2.24, 2.45) is 0 Å². The fourth-order valence-electron chi connectivity index (χ4n) is 1.04. The molecular weight excluding hydrogens is 146 g/mol. The molecule has 0 radical (unpaired) electrons. The molecule has 1 aliphatic heterocycles. The van der Waals surface area contributed by atoms with Gasteiger partial charge in [0.15, 0.2) is 0 Å². The topological polar surface area (TPSA) is 12.0 Å². The summed E-state index contributed by atoms with van der Waals surface area (Å²) in [5.74, 6) is 0. The van der Waals surface area contributed by atoms with E-state index < -0.39 is 0 Å². The summed E-state index contributed by atoms with van der Waals surface area (Å²) in [7, 11) is 0. The predicted octanol–water partition coefficient (Wildman–Crippen LogP) is 3.02. The number of hydrogen-bond acceptors (Lipinski definition) is 1. The lowest BCUT2D eigenvalue weighted by atomic mass is 10.2. The molecule has 1 nitrogen and oxygen atoms in total. The van der Waals surface area contributed by atoms with Crippen molar-refractivity contribution in [3.63, 3.8) is 0 Å². The van der Waals surface area contributed by atoms with Gasteiger partial charge >= 0.3 is 0 Å². The van der Waals surface area contributed by atoms with Crippen molar-refractivity contribution in [3.05, 3.63) is 36.1 Å². The zero-order valence-electron chi connectivity index (χ0n) is 8.35. The molecule has 0 aromatic carbocycles. The standard InChI is InChI=1S/C9H13N.C2H6/c1-3-4-5-9-8(2)6-7-10-9;1-2/h3-5,10H,1,6-7H2,2H3;1-2H3/b5-4-;. The van der Waals surface area contributed by atoms with Gasteiger partial charge in [0, 0.05) is 12.2 Å². The van der Waals surface area contributed by atoms with Crippen molar-refractivity contribution in [2.45, 2.75) is 27.2 Å². The van der Waals surface area contributed by atoms with Crippen molar-refractivity contribution >= 4 is 0 Å². The van der Waals surface area contributed by atoms with Gasteiger partial charge in [-0.05, 0) is 25.0 Å². The Hall–Kier alpha value is -0.980. The van der Waals surface area contributed by atoms with Crippen LogP contribution in [-0.4, -0.2) is 6.54 Å². The molecule has 0 amide bonds. The molecular formula is C11H19N. The minimum atomic E-state index is 1.09. The predicted molar refractivity (Wildman–Crippen MR) is 56.0 cm³/mol. The Balaban J connectivity index is 0.000000561. The third-order valence-electron chi connectivity index (χ3n) is 1.67. The largest absolute Gasteiger partial charge is 0.385 e. The third kappa shape index (κ3) is 3.42. The summed E-state index contributed by atoms with van der Waals surface area (Å²) in [6.45, 7) is 10.9. The van der Waals surface area contributed by atoms with Crippen LogP contribution >= 0.6 is 0 Å². The summed E-state index contributed by atoms with van der Waals surface area (Å²) in [4.78, 5) is 0. The Morgan fingerprint density at radius 2 is 2.08 bits per heavy atom. The summed E-state index contributed by atoms with van der Waals surface area (Å²) in [5, 5.41) is 3.29. The molecule has 0 unspecified atom stereocenters. The molecule has 1 N–H and O–H groups in total. The van der Waals surface area contributed by atoms with Gasteiger partial charge in [-0.2, -0.15) is 0 Å². The molecule has 1 rings (SSSR count). The highest BCUT2D eigenvalue weighted by molar-refractivity contribution is 5.28. The van der Waals surface area contributed by atoms with Gasteiger partial charge in [-0.25, -0.2) is 0 Å². The molecule has 12 heavy (non-hydrogen) atoms. The van der Waals surface area contributed by atoms with E-state index in [2.05, 4.69) is 24.9 Å². The Morgan fingerprint density at radius 3 is 2.50 bits per heavy atom. The lowest BCUT2D eigenvalue weighted by Crippen LogP contribution is -2.04. The lowest BCUT2D eigenvalue weighted by Gasteiger charge is -1.94. The SMILES string of the molecule is C=C/C=C\C1=C(C)CCN1.CC. The molecule has 0 aromatic rings. The summed E-state index contributed by atoms with van der Waals surface area (Å²) < 4.78 is 0. The second-order valence-electron chi connectivity index (χ2n) is 2.47. The molecule has 1 aliphatic rings. The van der Waals surface area contributed by atoms with E-state index in [0.29, 0.717) is 0 Å². The fourth-order valence-corrected chi connectivity index (χ4v) is 1.04. The minimum Gasteiger partial charge on any atom is -0.385 e. The first-order valence-electron chi connectivity index (χ1n) is 4.57. The summed E-state index contributed by atoms with van der Waals surface area (Å²) in [5.41, 5.74) is 2.71. The molecule has 0 saturated carbocycles. The van der Waals surface area contributed by atoms with E-state index in [9.17, 15) is 0 Å². The van der Waals surface area contributed by atoms with Crippen LogP contribution in [0.4, 0.5) is 0 Å². The first kappa shape index (κ1) is 11.0. The fraction of sp³-hybridized carbons (Fsp3) is 0.455. The second-order valence-corrected chi connectivity index (χ2v) is 2.47. The van der Waals surface area contributed by atoms with Crippen LogP contribution in [0.25, 0.3) is 0 Å². The highest BCUT2D eigenvalue weighted by atomic mass is 14.9. The average molecular weight is 165 g/mol. The van der Waals surface area contributed by atoms with E-state index in [1.165, 1.54) is 17.7 Å². The number of nitrogens with one attached hydrogen (secondary N) is 1. The van der Waals surface area contributed by atoms with Crippen LogP contribution in [0.1, 0.15) is 27.2 Å². The van der Waals surface area contributed by atoms with E-state index in [4.69, 9.17) is 0 Å². The molecule has 0 aliphatic carbocycles. The smallest absolute Gasteiger partial charge is 0.0329 e. The number of allylic oxidation sites excluding steroid dienone is 3. The molecule has 1 heterocycles. The van der Waals surface area contributed by atoms with Crippen LogP contribution < -0.4 is 5.32 Å². The van der Waals surface area contributed by atoms with Gasteiger partial charge in [0.05, 0.1) is 0 Å². The molecule has 0 saturated heterocycles. The van der Waals surface area contributed by atoms with Gasteiger partial charge in [-0.1, -0.05) is 32.6 Å². The van der Waals surface area contributed by atoms with Crippen molar-refractivity contribution in [2.75, 3.05) is 6.54 Å². The molecule has 68 valence electrons. The first-order chi connectivity index (χ1) is 5.84. The molecule has 0 aromatic heterocycles. The minimum absolute atomic E-state index is 1.09. The quantitative estimate of drug-likeness (QED) is 0.620. The summed E-state index contributed by atoms with van der Waals surface area (Å²) in [6.07, 6.45) is 6.99. The highest BCUT2D eigenvalue weighted by Gasteiger charge is 2.04. The normalized spacial score (nSPS) is 15.6. The molecule has 1 heteroatoms. The maximum Gasteiger partial charge on any atom is 0.0329 e. The third-order valence-corrected chi connectivity index (χ3v) is 1.67. The zero-order chi connectivity index (χ0) is 9.40. The molecule has 0 fully saturated rings. The monoisotopic (exact) mass is 165 g/mol. The van der Waals surface area contributed by atoms with Crippen molar-refractivity contribution in [3.8, 4) is 0 Å². The molecule has 0 spiro atoms. The van der Waals surface area contributed by atoms with E-state index in [-0.39, 0.29) is 0 Å². The Morgan fingerprint density at radius 1 is 1.42 bits per heavy atom. The number of hydrogen-bond donors (Lipinski definition) is 1. The van der Waals surface area contributed by atoms with E-state index >= 15 is 0 Å². The maximum atomic E-state index is 3.61. The Bertz CT molecular complexity index is 187. The van der Waals surface area contributed by atoms with Crippen LogP contribution in [0.15, 0.2) is 36.1 Å². The van der Waals surface area contributed by atoms with Gasteiger partial charge in [0.2, 0.25) is 0 Å². The lowest BCUT2D eigenvalue weighted by molar-refractivity contribution is 0.886. The van der Waals surface area contributed by atoms with E-state index in [0.717, 1.165) is 6.54 Å². The van der Waals surface area contributed by atoms with E-state index in [1.807, 2.05) is 19.9 Å². The summed E-state index contributed by atoms with van der Waals surface area (Å²) >= 11 is 0. The van der Waals surface area contributed by atoms with Crippen LogP contribution in [0.3, 0.4) is 0 Å². The second kappa shape index (κ2) is 6.71. The van der Waals surface area contributed by atoms with Gasteiger partial charge < -0.3 is 5.32 Å². The Kier molecular flexibility index (Phi) is 6.16. The summed E-state index contributed by atoms with van der Waals surface area (Å²) in [6, 6.07) is 0. The van der Waals surface area contributed by atoms with Gasteiger partial charge in [0.25, 0.3) is 0 Å². The zero-order valence-corrected chi connectivity index (χ0v) is 8.35. The molecule has 0 atom stereocenters. The first-order valence-corrected chi connectivity index (χ1v) is 4.57. The highest BCUT2D eigenvalue weighted by Crippen LogP contribution is 2.12. The van der Waals surface area contributed by atoms with Crippen molar-refractivity contribution in [1.29, 1.82) is 0 Å². The van der Waals surface area contributed by atoms with Crippen molar-refractivity contribution in [1.82, 2.24) is 5.32 Å².